The predicted molar refractivity (Wildman–Crippen MR) is 71.9 cm³/mol. The summed E-state index contributed by atoms with van der Waals surface area (Å²) in [5.41, 5.74) is 0.735. The molecule has 0 amide bonds. The molecule has 0 aliphatic carbocycles. The summed E-state index contributed by atoms with van der Waals surface area (Å²) in [5, 5.41) is 12.0. The van der Waals surface area contributed by atoms with Gasteiger partial charge in [0.1, 0.15) is 11.9 Å². The number of rotatable bonds is 7. The van der Waals surface area contributed by atoms with Crippen molar-refractivity contribution in [2.24, 2.45) is 0 Å². The number of halogens is 2. The minimum absolute atomic E-state index is 0.338. The van der Waals surface area contributed by atoms with Gasteiger partial charge in [-0.3, -0.25) is 4.79 Å². The van der Waals surface area contributed by atoms with Gasteiger partial charge >= 0.3 is 5.97 Å². The summed E-state index contributed by atoms with van der Waals surface area (Å²) in [6.07, 6.45) is 2.40. The number of hydrogen-bond donors (Lipinski definition) is 2. The topological polar surface area (TPSA) is 49.3 Å². The summed E-state index contributed by atoms with van der Waals surface area (Å²) < 4.78 is 13.7. The number of nitrogens with one attached hydrogen (secondary N) is 1. The molecule has 0 aromatic heterocycles. The van der Waals surface area contributed by atoms with E-state index in [1.807, 2.05) is 6.92 Å². The zero-order chi connectivity index (χ0) is 13.5. The van der Waals surface area contributed by atoms with Crippen LogP contribution in [0.3, 0.4) is 0 Å². The van der Waals surface area contributed by atoms with E-state index < -0.39 is 12.0 Å². The van der Waals surface area contributed by atoms with Crippen LogP contribution < -0.4 is 5.32 Å². The number of carbonyl (C=O) groups is 1. The molecule has 0 aliphatic heterocycles. The van der Waals surface area contributed by atoms with Crippen LogP contribution in [-0.2, 0) is 11.3 Å². The first kappa shape index (κ1) is 15.1. The molecule has 0 fully saturated rings. The summed E-state index contributed by atoms with van der Waals surface area (Å²) in [7, 11) is 0. The van der Waals surface area contributed by atoms with Crippen LogP contribution in [0.1, 0.15) is 31.7 Å². The number of carboxylic acids is 1. The van der Waals surface area contributed by atoms with Crippen molar-refractivity contribution in [2.75, 3.05) is 0 Å². The van der Waals surface area contributed by atoms with Crippen molar-refractivity contribution in [3.05, 3.63) is 34.1 Å². The lowest BCUT2D eigenvalue weighted by molar-refractivity contribution is -0.139. The monoisotopic (exact) mass is 317 g/mol. The van der Waals surface area contributed by atoms with Crippen molar-refractivity contribution in [2.45, 2.75) is 38.8 Å². The van der Waals surface area contributed by atoms with Gasteiger partial charge in [-0.15, -0.1) is 0 Å². The molecule has 0 radical (unpaired) electrons. The molecule has 0 saturated heterocycles. The van der Waals surface area contributed by atoms with E-state index in [2.05, 4.69) is 21.2 Å². The van der Waals surface area contributed by atoms with Crippen LogP contribution >= 0.6 is 15.9 Å². The van der Waals surface area contributed by atoms with Crippen LogP contribution in [0.25, 0.3) is 0 Å². The number of unbranched alkanes of at least 4 members (excludes halogenated alkanes) is 1. The van der Waals surface area contributed by atoms with Crippen LogP contribution in [-0.4, -0.2) is 17.1 Å². The van der Waals surface area contributed by atoms with Crippen molar-refractivity contribution in [1.29, 1.82) is 0 Å². The average Bonchev–Trinajstić information content (AvgIpc) is 2.33. The van der Waals surface area contributed by atoms with Gasteiger partial charge in [0, 0.05) is 6.54 Å². The second-order valence-electron chi connectivity index (χ2n) is 4.16. The van der Waals surface area contributed by atoms with Gasteiger partial charge in [0.05, 0.1) is 4.47 Å². The highest BCUT2D eigenvalue weighted by molar-refractivity contribution is 9.10. The molecule has 1 rings (SSSR count). The number of benzene rings is 1. The number of hydrogen-bond acceptors (Lipinski definition) is 2. The molecule has 0 bridgehead atoms. The zero-order valence-electron chi connectivity index (χ0n) is 10.2. The molecule has 1 aromatic carbocycles. The standard InChI is InChI=1S/C13H17BrFNO2/c1-2-3-4-12(13(17)18)16-8-9-5-6-10(14)11(15)7-9/h5-7,12,16H,2-4,8H2,1H3,(H,17,18)/t12-/m0/s1. The third-order valence-electron chi connectivity index (χ3n) is 2.68. The Kier molecular flexibility index (Phi) is 6.29. The maximum Gasteiger partial charge on any atom is 0.320 e. The van der Waals surface area contributed by atoms with Gasteiger partial charge in [-0.25, -0.2) is 4.39 Å². The van der Waals surface area contributed by atoms with E-state index in [1.54, 1.807) is 12.1 Å². The van der Waals surface area contributed by atoms with Crippen molar-refractivity contribution in [3.8, 4) is 0 Å². The lowest BCUT2D eigenvalue weighted by Gasteiger charge is -2.14. The second-order valence-corrected chi connectivity index (χ2v) is 5.02. The quantitative estimate of drug-likeness (QED) is 0.811. The first-order valence-electron chi connectivity index (χ1n) is 5.94. The largest absolute Gasteiger partial charge is 0.480 e. The molecular weight excluding hydrogens is 301 g/mol. The van der Waals surface area contributed by atoms with E-state index in [0.29, 0.717) is 17.4 Å². The zero-order valence-corrected chi connectivity index (χ0v) is 11.8. The van der Waals surface area contributed by atoms with Gasteiger partial charge < -0.3 is 10.4 Å². The normalized spacial score (nSPS) is 12.4. The van der Waals surface area contributed by atoms with E-state index in [9.17, 15) is 9.18 Å². The first-order valence-corrected chi connectivity index (χ1v) is 6.74. The second kappa shape index (κ2) is 7.48. The van der Waals surface area contributed by atoms with Crippen molar-refractivity contribution in [3.63, 3.8) is 0 Å². The minimum Gasteiger partial charge on any atom is -0.480 e. The molecule has 3 nitrogen and oxygen atoms in total. The molecule has 2 N–H and O–H groups in total. The summed E-state index contributed by atoms with van der Waals surface area (Å²) in [6.45, 7) is 2.37. The molecule has 0 aliphatic rings. The van der Waals surface area contributed by atoms with Gasteiger partial charge in [-0.05, 0) is 40.0 Å². The fourth-order valence-corrected chi connectivity index (χ4v) is 1.86. The van der Waals surface area contributed by atoms with Gasteiger partial charge in [0.15, 0.2) is 0 Å². The van der Waals surface area contributed by atoms with Crippen LogP contribution in [0.4, 0.5) is 4.39 Å². The molecule has 0 unspecified atom stereocenters. The Morgan fingerprint density at radius 3 is 2.83 bits per heavy atom. The molecule has 0 heterocycles. The summed E-state index contributed by atoms with van der Waals surface area (Å²) in [6, 6.07) is 4.21. The van der Waals surface area contributed by atoms with E-state index in [4.69, 9.17) is 5.11 Å². The maximum absolute atomic E-state index is 13.3. The van der Waals surface area contributed by atoms with Crippen LogP contribution in [0, 0.1) is 5.82 Å². The summed E-state index contributed by atoms with van der Waals surface area (Å²) in [5.74, 6) is -1.20. The van der Waals surface area contributed by atoms with Crippen molar-refractivity contribution < 1.29 is 14.3 Å². The highest BCUT2D eigenvalue weighted by atomic mass is 79.9. The third-order valence-corrected chi connectivity index (χ3v) is 3.32. The summed E-state index contributed by atoms with van der Waals surface area (Å²) in [4.78, 5) is 11.0. The Hall–Kier alpha value is -0.940. The van der Waals surface area contributed by atoms with E-state index in [1.165, 1.54) is 6.07 Å². The Labute approximate surface area is 115 Å². The number of aliphatic carboxylic acids is 1. The van der Waals surface area contributed by atoms with Gasteiger partial charge in [-0.1, -0.05) is 25.8 Å². The fourth-order valence-electron chi connectivity index (χ4n) is 1.61. The van der Waals surface area contributed by atoms with Crippen LogP contribution in [0.5, 0.6) is 0 Å². The molecule has 5 heteroatoms. The maximum atomic E-state index is 13.3. The lowest BCUT2D eigenvalue weighted by atomic mass is 10.1. The lowest BCUT2D eigenvalue weighted by Crippen LogP contribution is -2.36. The summed E-state index contributed by atoms with van der Waals surface area (Å²) >= 11 is 3.08. The van der Waals surface area contributed by atoms with Gasteiger partial charge in [0.25, 0.3) is 0 Å². The Balaban J connectivity index is 2.55. The van der Waals surface area contributed by atoms with E-state index in [0.717, 1.165) is 18.4 Å². The molecule has 1 atom stereocenters. The predicted octanol–water partition coefficient (Wildman–Crippen LogP) is 3.32. The molecule has 18 heavy (non-hydrogen) atoms. The van der Waals surface area contributed by atoms with Crippen molar-refractivity contribution in [1.82, 2.24) is 5.32 Å². The van der Waals surface area contributed by atoms with Gasteiger partial charge in [0.2, 0.25) is 0 Å². The number of carboxylic acid groups (broad SMARTS) is 1. The Morgan fingerprint density at radius 1 is 1.56 bits per heavy atom. The first-order chi connectivity index (χ1) is 8.54. The highest BCUT2D eigenvalue weighted by Crippen LogP contribution is 2.16. The highest BCUT2D eigenvalue weighted by Gasteiger charge is 2.15. The van der Waals surface area contributed by atoms with Crippen LogP contribution in [0.15, 0.2) is 22.7 Å². The van der Waals surface area contributed by atoms with E-state index in [-0.39, 0.29) is 5.82 Å². The fraction of sp³-hybridized carbons (Fsp3) is 0.462. The third kappa shape index (κ3) is 4.74. The SMILES string of the molecule is CCCC[C@H](NCc1ccc(Br)c(F)c1)C(=O)O. The van der Waals surface area contributed by atoms with E-state index >= 15 is 0 Å². The Bertz CT molecular complexity index is 412. The average molecular weight is 318 g/mol. The molecule has 1 aromatic rings. The molecule has 0 spiro atoms. The molecular formula is C13H17BrFNO2. The Morgan fingerprint density at radius 2 is 2.28 bits per heavy atom. The molecule has 0 saturated carbocycles. The van der Waals surface area contributed by atoms with Crippen molar-refractivity contribution >= 4 is 21.9 Å². The van der Waals surface area contributed by atoms with Crippen LogP contribution in [0.2, 0.25) is 0 Å². The molecule has 100 valence electrons. The van der Waals surface area contributed by atoms with Gasteiger partial charge in [-0.2, -0.15) is 0 Å². The smallest absolute Gasteiger partial charge is 0.320 e. The minimum atomic E-state index is -0.860.